The first-order chi connectivity index (χ1) is 10.2. The first-order valence-electron chi connectivity index (χ1n) is 7.08. The fourth-order valence-electron chi connectivity index (χ4n) is 2.55. The Hall–Kier alpha value is -2.08. The quantitative estimate of drug-likeness (QED) is 0.864. The van der Waals surface area contributed by atoms with Gasteiger partial charge in [0.2, 0.25) is 0 Å². The lowest BCUT2D eigenvalue weighted by atomic mass is 10.1. The predicted octanol–water partition coefficient (Wildman–Crippen LogP) is 2.40. The highest BCUT2D eigenvalue weighted by molar-refractivity contribution is 5.92. The van der Waals surface area contributed by atoms with Crippen LogP contribution in [0.5, 0.6) is 0 Å². The van der Waals surface area contributed by atoms with Gasteiger partial charge in [-0.25, -0.2) is 0 Å². The van der Waals surface area contributed by atoms with Gasteiger partial charge in [0.25, 0.3) is 5.91 Å². The van der Waals surface area contributed by atoms with Crippen LogP contribution in [-0.4, -0.2) is 35.2 Å². The van der Waals surface area contributed by atoms with E-state index >= 15 is 0 Å². The van der Waals surface area contributed by atoms with E-state index in [1.807, 2.05) is 12.1 Å². The van der Waals surface area contributed by atoms with Crippen molar-refractivity contribution in [3.05, 3.63) is 41.7 Å². The fraction of sp³-hybridized carbons (Fsp3) is 0.467. The molecule has 0 bridgehead atoms. The van der Waals surface area contributed by atoms with E-state index in [4.69, 9.17) is 13.7 Å². The number of rotatable bonds is 4. The number of furan rings is 1. The molecule has 0 aliphatic carbocycles. The lowest BCUT2D eigenvalue weighted by molar-refractivity contribution is 0.0244. The Morgan fingerprint density at radius 1 is 1.43 bits per heavy atom. The summed E-state index contributed by atoms with van der Waals surface area (Å²) in [4.78, 5) is 14.5. The zero-order chi connectivity index (χ0) is 14.7. The van der Waals surface area contributed by atoms with Gasteiger partial charge in [-0.1, -0.05) is 5.16 Å². The Balaban J connectivity index is 1.81. The highest BCUT2D eigenvalue weighted by Crippen LogP contribution is 2.20. The van der Waals surface area contributed by atoms with E-state index in [1.54, 1.807) is 24.2 Å². The SMILES string of the molecule is Cc1cc(C(=O)N(Cc2ccco2)C2CCOCC2)no1. The lowest BCUT2D eigenvalue weighted by Crippen LogP contribution is -2.43. The molecular weight excluding hydrogens is 272 g/mol. The minimum atomic E-state index is -0.129. The van der Waals surface area contributed by atoms with Crippen molar-refractivity contribution in [2.75, 3.05) is 13.2 Å². The number of hydrogen-bond donors (Lipinski definition) is 0. The van der Waals surface area contributed by atoms with Gasteiger partial charge < -0.3 is 18.6 Å². The Bertz CT molecular complexity index is 585. The monoisotopic (exact) mass is 290 g/mol. The van der Waals surface area contributed by atoms with Gasteiger partial charge in [-0.05, 0) is 31.9 Å². The molecule has 1 fully saturated rings. The molecule has 21 heavy (non-hydrogen) atoms. The highest BCUT2D eigenvalue weighted by Gasteiger charge is 2.29. The van der Waals surface area contributed by atoms with Gasteiger partial charge in [0.05, 0.1) is 12.8 Å². The highest BCUT2D eigenvalue weighted by atomic mass is 16.5. The maximum absolute atomic E-state index is 12.7. The van der Waals surface area contributed by atoms with Crippen molar-refractivity contribution in [1.29, 1.82) is 0 Å². The van der Waals surface area contributed by atoms with Gasteiger partial charge >= 0.3 is 0 Å². The topological polar surface area (TPSA) is 68.7 Å². The number of carbonyl (C=O) groups is 1. The Kier molecular flexibility index (Phi) is 4.06. The number of ether oxygens (including phenoxy) is 1. The van der Waals surface area contributed by atoms with Crippen LogP contribution < -0.4 is 0 Å². The summed E-state index contributed by atoms with van der Waals surface area (Å²) in [6, 6.07) is 5.49. The van der Waals surface area contributed by atoms with Crippen molar-refractivity contribution >= 4 is 5.91 Å². The normalized spacial score (nSPS) is 16.0. The summed E-state index contributed by atoms with van der Waals surface area (Å²) in [5.41, 5.74) is 0.338. The largest absolute Gasteiger partial charge is 0.467 e. The number of aryl methyl sites for hydroxylation is 1. The third-order valence-corrected chi connectivity index (χ3v) is 3.65. The minimum absolute atomic E-state index is 0.129. The van der Waals surface area contributed by atoms with E-state index in [-0.39, 0.29) is 11.9 Å². The van der Waals surface area contributed by atoms with E-state index in [9.17, 15) is 4.79 Å². The first-order valence-corrected chi connectivity index (χ1v) is 7.08. The van der Waals surface area contributed by atoms with Crippen LogP contribution in [0.1, 0.15) is 34.9 Å². The molecule has 0 spiro atoms. The lowest BCUT2D eigenvalue weighted by Gasteiger charge is -2.33. The summed E-state index contributed by atoms with van der Waals surface area (Å²) < 4.78 is 15.8. The smallest absolute Gasteiger partial charge is 0.276 e. The molecule has 0 N–H and O–H groups in total. The van der Waals surface area contributed by atoms with Gasteiger partial charge in [0.1, 0.15) is 11.5 Å². The van der Waals surface area contributed by atoms with Crippen molar-refractivity contribution in [2.45, 2.75) is 32.4 Å². The second kappa shape index (κ2) is 6.13. The van der Waals surface area contributed by atoms with E-state index in [0.29, 0.717) is 31.2 Å². The zero-order valence-corrected chi connectivity index (χ0v) is 11.9. The average Bonchev–Trinajstić information content (AvgIpc) is 3.16. The molecule has 2 aromatic heterocycles. The van der Waals surface area contributed by atoms with E-state index in [2.05, 4.69) is 5.16 Å². The zero-order valence-electron chi connectivity index (χ0n) is 11.9. The van der Waals surface area contributed by atoms with Crippen LogP contribution in [0.2, 0.25) is 0 Å². The summed E-state index contributed by atoms with van der Waals surface area (Å²) in [5.74, 6) is 1.26. The number of nitrogens with zero attached hydrogens (tertiary/aromatic N) is 2. The molecule has 3 rings (SSSR count). The van der Waals surface area contributed by atoms with Crippen LogP contribution in [0.15, 0.2) is 33.4 Å². The molecule has 112 valence electrons. The average molecular weight is 290 g/mol. The maximum Gasteiger partial charge on any atom is 0.276 e. The first kappa shape index (κ1) is 13.9. The van der Waals surface area contributed by atoms with Crippen molar-refractivity contribution in [3.8, 4) is 0 Å². The number of aromatic nitrogens is 1. The molecule has 6 heteroatoms. The second-order valence-corrected chi connectivity index (χ2v) is 5.18. The van der Waals surface area contributed by atoms with Crippen LogP contribution >= 0.6 is 0 Å². The summed E-state index contributed by atoms with van der Waals surface area (Å²) in [7, 11) is 0. The third kappa shape index (κ3) is 3.16. The molecule has 0 atom stereocenters. The van der Waals surface area contributed by atoms with E-state index in [1.165, 1.54) is 0 Å². The van der Waals surface area contributed by atoms with Crippen molar-refractivity contribution in [1.82, 2.24) is 10.1 Å². The Morgan fingerprint density at radius 3 is 2.86 bits per heavy atom. The molecule has 1 aliphatic rings. The number of amides is 1. The standard InChI is InChI=1S/C15H18N2O4/c1-11-9-14(16-21-11)15(18)17(10-13-3-2-6-20-13)12-4-7-19-8-5-12/h2-3,6,9,12H,4-5,7-8,10H2,1H3. The summed E-state index contributed by atoms with van der Waals surface area (Å²) in [6.45, 7) is 3.55. The molecule has 1 amide bonds. The van der Waals surface area contributed by atoms with Crippen molar-refractivity contribution < 1.29 is 18.5 Å². The second-order valence-electron chi connectivity index (χ2n) is 5.18. The summed E-state index contributed by atoms with van der Waals surface area (Å²) in [5, 5.41) is 3.83. The van der Waals surface area contributed by atoms with Crippen LogP contribution in [0.25, 0.3) is 0 Å². The predicted molar refractivity (Wildman–Crippen MR) is 73.7 cm³/mol. The van der Waals surface area contributed by atoms with Crippen molar-refractivity contribution in [3.63, 3.8) is 0 Å². The van der Waals surface area contributed by atoms with E-state index < -0.39 is 0 Å². The fourth-order valence-corrected chi connectivity index (χ4v) is 2.55. The molecule has 0 aromatic carbocycles. The molecule has 3 heterocycles. The molecule has 0 saturated carbocycles. The molecule has 1 saturated heterocycles. The third-order valence-electron chi connectivity index (χ3n) is 3.65. The molecular formula is C15H18N2O4. The van der Waals surface area contributed by atoms with Gasteiger partial charge in [-0.15, -0.1) is 0 Å². The van der Waals surface area contributed by atoms with Gasteiger partial charge in [0, 0.05) is 25.3 Å². The molecule has 6 nitrogen and oxygen atoms in total. The number of carbonyl (C=O) groups excluding carboxylic acids is 1. The Morgan fingerprint density at radius 2 is 2.24 bits per heavy atom. The minimum Gasteiger partial charge on any atom is -0.467 e. The van der Waals surface area contributed by atoms with Crippen LogP contribution in [0.3, 0.4) is 0 Å². The summed E-state index contributed by atoms with van der Waals surface area (Å²) >= 11 is 0. The van der Waals surface area contributed by atoms with Crippen LogP contribution in [0, 0.1) is 6.92 Å². The van der Waals surface area contributed by atoms with Crippen LogP contribution in [0.4, 0.5) is 0 Å². The van der Waals surface area contributed by atoms with Gasteiger partial charge in [0.15, 0.2) is 5.69 Å². The maximum atomic E-state index is 12.7. The Labute approximate surface area is 122 Å². The van der Waals surface area contributed by atoms with E-state index in [0.717, 1.165) is 18.6 Å². The molecule has 2 aromatic rings. The van der Waals surface area contributed by atoms with Gasteiger partial charge in [-0.3, -0.25) is 4.79 Å². The molecule has 1 aliphatic heterocycles. The molecule has 0 unspecified atom stereocenters. The van der Waals surface area contributed by atoms with Crippen LogP contribution in [-0.2, 0) is 11.3 Å². The summed E-state index contributed by atoms with van der Waals surface area (Å²) in [6.07, 6.45) is 3.26. The number of hydrogen-bond acceptors (Lipinski definition) is 5. The van der Waals surface area contributed by atoms with Gasteiger partial charge in [-0.2, -0.15) is 0 Å². The molecule has 0 radical (unpaired) electrons. The van der Waals surface area contributed by atoms with Crippen molar-refractivity contribution in [2.24, 2.45) is 0 Å².